The molecular weight excluding hydrogens is 378 g/mol. The van der Waals surface area contributed by atoms with Gasteiger partial charge in [0.1, 0.15) is 5.60 Å². The summed E-state index contributed by atoms with van der Waals surface area (Å²) in [6, 6.07) is 0.00988. The third-order valence-electron chi connectivity index (χ3n) is 4.41. The van der Waals surface area contributed by atoms with E-state index in [1.807, 2.05) is 37.8 Å². The molecular formula is C21H32BrNO2. The second-order valence-electron chi connectivity index (χ2n) is 7.66. The van der Waals surface area contributed by atoms with Crippen LogP contribution in [0.2, 0.25) is 0 Å². The van der Waals surface area contributed by atoms with E-state index in [0.29, 0.717) is 12.5 Å². The van der Waals surface area contributed by atoms with Gasteiger partial charge in [0.2, 0.25) is 0 Å². The van der Waals surface area contributed by atoms with Gasteiger partial charge in [-0.15, -0.1) is 0 Å². The Hall–Kier alpha value is -1.29. The molecule has 1 aliphatic rings. The van der Waals surface area contributed by atoms with Crippen molar-refractivity contribution in [2.75, 3.05) is 6.54 Å². The highest BCUT2D eigenvalue weighted by Gasteiger charge is 2.35. The summed E-state index contributed by atoms with van der Waals surface area (Å²) in [6.07, 6.45) is 8.52. The SMILES string of the molecule is C=C(Br)/C=C\C=C(\CC1C(=C)CCN1C(=O)OC(C)(C)C)C(C)CC. The summed E-state index contributed by atoms with van der Waals surface area (Å²) < 4.78 is 6.42. The molecule has 2 unspecified atom stereocenters. The molecule has 3 nitrogen and oxygen atoms in total. The van der Waals surface area contributed by atoms with Crippen LogP contribution in [0.4, 0.5) is 4.79 Å². The van der Waals surface area contributed by atoms with Gasteiger partial charge < -0.3 is 9.64 Å². The minimum absolute atomic E-state index is 0.00988. The van der Waals surface area contributed by atoms with Crippen LogP contribution in [0.1, 0.15) is 53.9 Å². The fourth-order valence-corrected chi connectivity index (χ4v) is 2.95. The fourth-order valence-electron chi connectivity index (χ4n) is 2.80. The number of nitrogens with zero attached hydrogens (tertiary/aromatic N) is 1. The van der Waals surface area contributed by atoms with Crippen LogP contribution in [0.5, 0.6) is 0 Å². The van der Waals surface area contributed by atoms with Crippen LogP contribution >= 0.6 is 15.9 Å². The second kappa shape index (κ2) is 9.42. The first kappa shape index (κ1) is 21.8. The highest BCUT2D eigenvalue weighted by Crippen LogP contribution is 2.32. The van der Waals surface area contributed by atoms with Crippen LogP contribution in [-0.4, -0.2) is 29.2 Å². The number of carbonyl (C=O) groups excluding carboxylic acids is 1. The Morgan fingerprint density at radius 2 is 2.12 bits per heavy atom. The van der Waals surface area contributed by atoms with Crippen LogP contribution < -0.4 is 0 Å². The summed E-state index contributed by atoms with van der Waals surface area (Å²) >= 11 is 3.34. The van der Waals surface area contributed by atoms with Gasteiger partial charge in [0.25, 0.3) is 0 Å². The van der Waals surface area contributed by atoms with Crippen LogP contribution in [0.3, 0.4) is 0 Å². The molecule has 0 spiro atoms. The Kier molecular flexibility index (Phi) is 8.20. The van der Waals surface area contributed by atoms with E-state index in [0.717, 1.165) is 29.3 Å². The quantitative estimate of drug-likeness (QED) is 0.376. The standard InChI is InChI=1S/C21H32BrNO2/c1-8-15(2)18(11-9-10-17(4)22)14-19-16(3)12-13-23(19)20(24)25-21(5,6)7/h9-11,15,19H,3-4,8,12-14H2,1-2,5-7H3/b10-9-,18-11-. The van der Waals surface area contributed by atoms with Gasteiger partial charge in [-0.05, 0) is 52.0 Å². The van der Waals surface area contributed by atoms with E-state index in [4.69, 9.17) is 4.74 Å². The Balaban J connectivity index is 2.97. The molecule has 1 saturated heterocycles. The number of halogens is 1. The first-order valence-electron chi connectivity index (χ1n) is 8.94. The number of carbonyl (C=O) groups is 1. The van der Waals surface area contributed by atoms with E-state index in [2.05, 4.69) is 49.0 Å². The van der Waals surface area contributed by atoms with Crippen LogP contribution in [0.15, 0.2) is 47.0 Å². The van der Waals surface area contributed by atoms with Gasteiger partial charge in [0, 0.05) is 11.0 Å². The van der Waals surface area contributed by atoms with Crippen molar-refractivity contribution in [3.63, 3.8) is 0 Å². The van der Waals surface area contributed by atoms with E-state index in [1.165, 1.54) is 5.57 Å². The normalized spacial score (nSPS) is 20.2. The van der Waals surface area contributed by atoms with Gasteiger partial charge in [-0.2, -0.15) is 0 Å². The van der Waals surface area contributed by atoms with E-state index in [9.17, 15) is 4.79 Å². The first-order valence-corrected chi connectivity index (χ1v) is 9.73. The van der Waals surface area contributed by atoms with E-state index in [-0.39, 0.29) is 12.1 Å². The molecule has 25 heavy (non-hydrogen) atoms. The summed E-state index contributed by atoms with van der Waals surface area (Å²) in [5.41, 5.74) is 1.93. The molecule has 0 radical (unpaired) electrons. The molecule has 1 fully saturated rings. The predicted octanol–water partition coefficient (Wildman–Crippen LogP) is 6.38. The lowest BCUT2D eigenvalue weighted by Crippen LogP contribution is -2.40. The van der Waals surface area contributed by atoms with E-state index in [1.54, 1.807) is 0 Å². The zero-order valence-corrected chi connectivity index (χ0v) is 17.9. The topological polar surface area (TPSA) is 29.5 Å². The molecule has 0 saturated carbocycles. The number of rotatable bonds is 6. The minimum Gasteiger partial charge on any atom is -0.444 e. The lowest BCUT2D eigenvalue weighted by molar-refractivity contribution is 0.0237. The van der Waals surface area contributed by atoms with Crippen molar-refractivity contribution in [2.45, 2.75) is 65.5 Å². The molecule has 140 valence electrons. The number of hydrogen-bond donors (Lipinski definition) is 0. The van der Waals surface area contributed by atoms with Crippen molar-refractivity contribution in [3.05, 3.63) is 47.0 Å². The minimum atomic E-state index is -0.486. The predicted molar refractivity (Wildman–Crippen MR) is 110 cm³/mol. The maximum Gasteiger partial charge on any atom is 0.410 e. The Morgan fingerprint density at radius 1 is 1.48 bits per heavy atom. The molecule has 1 heterocycles. The second-order valence-corrected chi connectivity index (χ2v) is 8.68. The van der Waals surface area contributed by atoms with Gasteiger partial charge in [-0.3, -0.25) is 0 Å². The average Bonchev–Trinajstić information content (AvgIpc) is 2.84. The Labute approximate surface area is 161 Å². The van der Waals surface area contributed by atoms with Crippen molar-refractivity contribution in [3.8, 4) is 0 Å². The molecule has 1 rings (SSSR count). The summed E-state index contributed by atoms with van der Waals surface area (Å²) in [6.45, 7) is 18.8. The molecule has 0 aromatic heterocycles. The molecule has 0 aliphatic carbocycles. The van der Waals surface area contributed by atoms with Gasteiger partial charge in [0.05, 0.1) is 6.04 Å². The molecule has 1 aliphatic heterocycles. The van der Waals surface area contributed by atoms with Crippen molar-refractivity contribution in [2.24, 2.45) is 5.92 Å². The molecule has 0 aromatic carbocycles. The van der Waals surface area contributed by atoms with Crippen molar-refractivity contribution in [1.82, 2.24) is 4.90 Å². The largest absolute Gasteiger partial charge is 0.444 e. The maximum atomic E-state index is 12.6. The average molecular weight is 410 g/mol. The van der Waals surface area contributed by atoms with Crippen LogP contribution in [0.25, 0.3) is 0 Å². The Morgan fingerprint density at radius 3 is 2.64 bits per heavy atom. The van der Waals surface area contributed by atoms with Crippen molar-refractivity contribution < 1.29 is 9.53 Å². The molecule has 0 bridgehead atoms. The summed E-state index contributed by atoms with van der Waals surface area (Å²) in [5.74, 6) is 0.446. The van der Waals surface area contributed by atoms with E-state index >= 15 is 0 Å². The number of amides is 1. The molecule has 0 N–H and O–H groups in total. The van der Waals surface area contributed by atoms with Crippen molar-refractivity contribution >= 4 is 22.0 Å². The molecule has 1 amide bonds. The summed E-state index contributed by atoms with van der Waals surface area (Å²) in [4.78, 5) is 14.4. The number of hydrogen-bond acceptors (Lipinski definition) is 2. The summed E-state index contributed by atoms with van der Waals surface area (Å²) in [7, 11) is 0. The Bertz CT molecular complexity index is 569. The van der Waals surface area contributed by atoms with Crippen LogP contribution in [-0.2, 0) is 4.74 Å². The zero-order chi connectivity index (χ0) is 19.2. The number of likely N-dealkylation sites (tertiary alicyclic amines) is 1. The number of allylic oxidation sites excluding steroid dienone is 4. The first-order chi connectivity index (χ1) is 11.5. The van der Waals surface area contributed by atoms with E-state index < -0.39 is 5.60 Å². The molecule has 0 aromatic rings. The lowest BCUT2D eigenvalue weighted by Gasteiger charge is -2.30. The zero-order valence-electron chi connectivity index (χ0n) is 16.3. The molecule has 4 heteroatoms. The maximum absolute atomic E-state index is 12.6. The monoisotopic (exact) mass is 409 g/mol. The fraction of sp³-hybridized carbons (Fsp3) is 0.571. The van der Waals surface area contributed by atoms with Gasteiger partial charge in [0.15, 0.2) is 0 Å². The van der Waals surface area contributed by atoms with Gasteiger partial charge in [-0.25, -0.2) is 4.79 Å². The molecule has 2 atom stereocenters. The lowest BCUT2D eigenvalue weighted by atomic mass is 9.90. The highest BCUT2D eigenvalue weighted by molar-refractivity contribution is 9.11. The van der Waals surface area contributed by atoms with Crippen LogP contribution in [0, 0.1) is 5.92 Å². The van der Waals surface area contributed by atoms with Gasteiger partial charge in [-0.1, -0.05) is 66.2 Å². The highest BCUT2D eigenvalue weighted by atomic mass is 79.9. The smallest absolute Gasteiger partial charge is 0.410 e. The third kappa shape index (κ3) is 7.23. The third-order valence-corrected chi connectivity index (χ3v) is 4.68. The summed E-state index contributed by atoms with van der Waals surface area (Å²) in [5, 5.41) is 0. The van der Waals surface area contributed by atoms with Gasteiger partial charge >= 0.3 is 6.09 Å². The van der Waals surface area contributed by atoms with Crippen molar-refractivity contribution in [1.29, 1.82) is 0 Å². The number of ether oxygens (including phenoxy) is 1.